The summed E-state index contributed by atoms with van der Waals surface area (Å²) in [6.07, 6.45) is 0. The lowest BCUT2D eigenvalue weighted by atomic mass is 10.1. The van der Waals surface area contributed by atoms with E-state index in [2.05, 4.69) is 0 Å². The molecule has 0 fully saturated rings. The monoisotopic (exact) mass is 442 g/mol. The third-order valence-electron chi connectivity index (χ3n) is 4.02. The molecule has 1 atom stereocenters. The van der Waals surface area contributed by atoms with E-state index in [-0.39, 0.29) is 31.9 Å². The van der Waals surface area contributed by atoms with Gasteiger partial charge >= 0.3 is 5.97 Å². The Hall–Kier alpha value is -2.68. The zero-order valence-electron chi connectivity index (χ0n) is 13.9. The molecule has 1 aliphatic rings. The van der Waals surface area contributed by atoms with Gasteiger partial charge in [0, 0.05) is 11.1 Å². The Morgan fingerprint density at radius 1 is 1.14 bits per heavy atom. The minimum Gasteiger partial charge on any atom is -0.422 e. The number of esters is 1. The number of carbonyl (C=O) groups is 3. The van der Waals surface area contributed by atoms with E-state index in [1.165, 1.54) is 31.2 Å². The molecule has 3 rings (SSSR count). The largest absolute Gasteiger partial charge is 0.422 e. The van der Waals surface area contributed by atoms with Gasteiger partial charge in [-0.3, -0.25) is 24.6 Å². The van der Waals surface area contributed by atoms with Crippen molar-refractivity contribution in [2.75, 3.05) is 0 Å². The molecule has 11 heteroatoms. The number of nitrogens with zero attached hydrogens (tertiary/aromatic N) is 2. The van der Waals surface area contributed by atoms with Crippen LogP contribution in [0.5, 0.6) is 5.75 Å². The van der Waals surface area contributed by atoms with Crippen molar-refractivity contribution >= 4 is 58.3 Å². The van der Waals surface area contributed by atoms with Crippen molar-refractivity contribution < 1.29 is 24.0 Å². The maximum absolute atomic E-state index is 12.6. The molecule has 144 valence electrons. The highest BCUT2D eigenvalue weighted by atomic mass is 35.5. The fourth-order valence-corrected chi connectivity index (χ4v) is 3.60. The summed E-state index contributed by atoms with van der Waals surface area (Å²) in [6, 6.07) is 4.86. The topological polar surface area (TPSA) is 107 Å². The maximum Gasteiger partial charge on any atom is 0.334 e. The molecule has 0 aliphatic carbocycles. The number of benzene rings is 2. The highest BCUT2D eigenvalue weighted by Gasteiger charge is 2.45. The first-order chi connectivity index (χ1) is 13.1. The molecule has 0 saturated heterocycles. The smallest absolute Gasteiger partial charge is 0.334 e. The summed E-state index contributed by atoms with van der Waals surface area (Å²) in [4.78, 5) is 48.7. The van der Waals surface area contributed by atoms with Gasteiger partial charge in [0.1, 0.15) is 11.6 Å². The molecule has 0 N–H and O–H groups in total. The second-order valence-corrected chi connectivity index (χ2v) is 6.98. The third kappa shape index (κ3) is 3.30. The lowest BCUT2D eigenvalue weighted by molar-refractivity contribution is -0.385. The van der Waals surface area contributed by atoms with Crippen LogP contribution >= 0.6 is 34.8 Å². The fourth-order valence-electron chi connectivity index (χ4n) is 2.71. The number of hydrogen-bond acceptors (Lipinski definition) is 6. The Balaban J connectivity index is 1.91. The number of carbonyl (C=O) groups excluding carboxylic acids is 3. The Labute approximate surface area is 172 Å². The summed E-state index contributed by atoms with van der Waals surface area (Å²) < 4.78 is 5.14. The van der Waals surface area contributed by atoms with Gasteiger partial charge in [0.2, 0.25) is 0 Å². The predicted octanol–water partition coefficient (Wildman–Crippen LogP) is 4.15. The van der Waals surface area contributed by atoms with Gasteiger partial charge < -0.3 is 4.74 Å². The molecule has 8 nitrogen and oxygen atoms in total. The van der Waals surface area contributed by atoms with Crippen LogP contribution < -0.4 is 4.74 Å². The van der Waals surface area contributed by atoms with Gasteiger partial charge in [-0.2, -0.15) is 0 Å². The van der Waals surface area contributed by atoms with Crippen LogP contribution in [-0.4, -0.2) is 33.6 Å². The number of imide groups is 1. The van der Waals surface area contributed by atoms with Crippen LogP contribution in [0.15, 0.2) is 30.3 Å². The highest BCUT2D eigenvalue weighted by Crippen LogP contribution is 2.37. The Morgan fingerprint density at radius 3 is 2.32 bits per heavy atom. The number of nitro groups is 1. The van der Waals surface area contributed by atoms with Crippen LogP contribution in [0.2, 0.25) is 15.1 Å². The zero-order valence-corrected chi connectivity index (χ0v) is 16.2. The normalized spacial score (nSPS) is 14.1. The first-order valence-corrected chi connectivity index (χ1v) is 8.78. The van der Waals surface area contributed by atoms with E-state index < -0.39 is 34.4 Å². The molecule has 1 aliphatic heterocycles. The minimum atomic E-state index is -1.39. The standard InChI is InChI=1S/C17H9Cl3N2O6/c1-7(17(25)28-14-10(19)5-8(18)6-11(14)20)21-15(23)9-3-2-4-12(22(26)27)13(9)16(21)24/h2-7H,1H3. The number of fused-ring (bicyclic) bond motifs is 1. The van der Waals surface area contributed by atoms with Crippen LogP contribution in [0, 0.1) is 10.1 Å². The number of halogens is 3. The van der Waals surface area contributed by atoms with Gasteiger partial charge in [0.15, 0.2) is 5.75 Å². The predicted molar refractivity (Wildman–Crippen MR) is 100 cm³/mol. The number of amides is 2. The molecule has 1 unspecified atom stereocenters. The molecule has 2 amide bonds. The maximum atomic E-state index is 12.6. The van der Waals surface area contributed by atoms with E-state index >= 15 is 0 Å². The van der Waals surface area contributed by atoms with Crippen molar-refractivity contribution in [3.05, 3.63) is 66.6 Å². The second kappa shape index (κ2) is 7.38. The van der Waals surface area contributed by atoms with Gasteiger partial charge in [-0.15, -0.1) is 0 Å². The van der Waals surface area contributed by atoms with Crippen molar-refractivity contribution in [3.63, 3.8) is 0 Å². The second-order valence-electron chi connectivity index (χ2n) is 5.73. The van der Waals surface area contributed by atoms with Crippen LogP contribution in [-0.2, 0) is 4.79 Å². The highest BCUT2D eigenvalue weighted by molar-refractivity contribution is 6.40. The summed E-state index contributed by atoms with van der Waals surface area (Å²) >= 11 is 17.7. The first kappa shape index (κ1) is 20.1. The van der Waals surface area contributed by atoms with Crippen molar-refractivity contribution in [3.8, 4) is 5.75 Å². The molecule has 0 bridgehead atoms. The molecule has 0 radical (unpaired) electrons. The number of nitro benzene ring substituents is 1. The Kier molecular flexibility index (Phi) is 5.29. The van der Waals surface area contributed by atoms with Gasteiger partial charge in [0.05, 0.1) is 20.5 Å². The fraction of sp³-hybridized carbons (Fsp3) is 0.118. The van der Waals surface area contributed by atoms with Crippen molar-refractivity contribution in [2.45, 2.75) is 13.0 Å². The molecule has 0 saturated carbocycles. The first-order valence-electron chi connectivity index (χ1n) is 7.65. The molecule has 0 spiro atoms. The van der Waals surface area contributed by atoms with Gasteiger partial charge in [0.25, 0.3) is 17.5 Å². The molecular weight excluding hydrogens is 435 g/mol. The summed E-state index contributed by atoms with van der Waals surface area (Å²) in [5.41, 5.74) is -1.07. The Morgan fingerprint density at radius 2 is 1.75 bits per heavy atom. The quantitative estimate of drug-likeness (QED) is 0.231. The summed E-state index contributed by atoms with van der Waals surface area (Å²) in [5, 5.41) is 11.3. The van der Waals surface area contributed by atoms with Gasteiger partial charge in [-0.25, -0.2) is 4.79 Å². The summed E-state index contributed by atoms with van der Waals surface area (Å²) in [6.45, 7) is 1.24. The lowest BCUT2D eigenvalue weighted by Gasteiger charge is -2.21. The van der Waals surface area contributed by atoms with Crippen LogP contribution in [0.3, 0.4) is 0 Å². The Bertz CT molecular complexity index is 1030. The van der Waals surface area contributed by atoms with E-state index in [4.69, 9.17) is 39.5 Å². The van der Waals surface area contributed by atoms with Crippen molar-refractivity contribution in [1.29, 1.82) is 0 Å². The van der Waals surface area contributed by atoms with Crippen molar-refractivity contribution in [1.82, 2.24) is 4.90 Å². The number of ether oxygens (including phenoxy) is 1. The van der Waals surface area contributed by atoms with Gasteiger partial charge in [-0.05, 0) is 25.1 Å². The summed E-state index contributed by atoms with van der Waals surface area (Å²) in [5.74, 6) is -3.01. The zero-order chi connectivity index (χ0) is 20.7. The van der Waals surface area contributed by atoms with E-state index in [0.717, 1.165) is 6.07 Å². The number of rotatable bonds is 4. The van der Waals surface area contributed by atoms with Crippen LogP contribution in [0.25, 0.3) is 0 Å². The SMILES string of the molecule is CC(C(=O)Oc1c(Cl)cc(Cl)cc1Cl)N1C(=O)c2cccc([N+](=O)[O-])c2C1=O. The van der Waals surface area contributed by atoms with E-state index in [0.29, 0.717) is 4.90 Å². The molecule has 0 aromatic heterocycles. The number of hydrogen-bond donors (Lipinski definition) is 0. The molecular formula is C17H9Cl3N2O6. The molecule has 28 heavy (non-hydrogen) atoms. The third-order valence-corrected chi connectivity index (χ3v) is 4.79. The van der Waals surface area contributed by atoms with Crippen LogP contribution in [0.4, 0.5) is 5.69 Å². The van der Waals surface area contributed by atoms with Crippen LogP contribution in [0.1, 0.15) is 27.6 Å². The van der Waals surface area contributed by atoms with Gasteiger partial charge in [-0.1, -0.05) is 40.9 Å². The molecule has 2 aromatic rings. The van der Waals surface area contributed by atoms with E-state index in [1.54, 1.807) is 0 Å². The molecule has 2 aromatic carbocycles. The lowest BCUT2D eigenvalue weighted by Crippen LogP contribution is -2.44. The summed E-state index contributed by atoms with van der Waals surface area (Å²) in [7, 11) is 0. The van der Waals surface area contributed by atoms with E-state index in [9.17, 15) is 24.5 Å². The van der Waals surface area contributed by atoms with E-state index in [1.807, 2.05) is 0 Å². The minimum absolute atomic E-state index is 0.0453. The molecule has 1 heterocycles. The van der Waals surface area contributed by atoms with Crippen molar-refractivity contribution in [2.24, 2.45) is 0 Å². The average Bonchev–Trinajstić information content (AvgIpc) is 2.88. The average molecular weight is 444 g/mol.